The summed E-state index contributed by atoms with van der Waals surface area (Å²) >= 11 is 0. The van der Waals surface area contributed by atoms with Crippen molar-refractivity contribution in [2.45, 2.75) is 19.9 Å². The van der Waals surface area contributed by atoms with Crippen LogP contribution < -0.4 is 16.4 Å². The highest BCUT2D eigenvalue weighted by atomic mass is 15.2. The maximum atomic E-state index is 5.60. The zero-order chi connectivity index (χ0) is 12.8. The van der Waals surface area contributed by atoms with E-state index in [0.717, 1.165) is 24.7 Å². The number of nitrogens with one attached hydrogen (secondary N) is 2. The lowest BCUT2D eigenvalue weighted by molar-refractivity contribution is 0.284. The minimum Gasteiger partial charge on any atom is -0.373 e. The van der Waals surface area contributed by atoms with Gasteiger partial charge in [0.05, 0.1) is 0 Å². The lowest BCUT2D eigenvalue weighted by Crippen LogP contribution is -2.31. The van der Waals surface area contributed by atoms with Crippen molar-refractivity contribution in [3.05, 3.63) is 6.07 Å². The molecule has 0 saturated heterocycles. The summed E-state index contributed by atoms with van der Waals surface area (Å²) in [4.78, 5) is 10.4. The van der Waals surface area contributed by atoms with Gasteiger partial charge in [0.25, 0.3) is 0 Å². The van der Waals surface area contributed by atoms with Gasteiger partial charge in [-0.15, -0.1) is 0 Å². The van der Waals surface area contributed by atoms with Crippen LogP contribution in [0.15, 0.2) is 6.07 Å². The molecule has 6 nitrogen and oxygen atoms in total. The first-order valence-corrected chi connectivity index (χ1v) is 5.79. The molecule has 0 spiro atoms. The number of anilines is 3. The third-order valence-corrected chi connectivity index (χ3v) is 2.65. The second-order valence-electron chi connectivity index (χ2n) is 4.25. The van der Waals surface area contributed by atoms with Gasteiger partial charge < -0.3 is 21.3 Å². The average Bonchev–Trinajstić information content (AvgIpc) is 2.27. The number of hydrogen-bond acceptors (Lipinski definition) is 6. The fraction of sp³-hybridized carbons (Fsp3) is 0.636. The van der Waals surface area contributed by atoms with Crippen LogP contribution in [0.1, 0.15) is 13.8 Å². The zero-order valence-electron chi connectivity index (χ0n) is 11.0. The predicted octanol–water partition coefficient (Wildman–Crippen LogP) is 0.853. The number of hydrogen-bond donors (Lipinski definition) is 3. The lowest BCUT2D eigenvalue weighted by atomic mass is 10.3. The fourth-order valence-corrected chi connectivity index (χ4v) is 1.30. The molecule has 0 fully saturated rings. The Morgan fingerprint density at radius 3 is 2.59 bits per heavy atom. The molecule has 0 aliphatic carbocycles. The average molecular weight is 238 g/mol. The van der Waals surface area contributed by atoms with Crippen LogP contribution in [-0.2, 0) is 0 Å². The van der Waals surface area contributed by atoms with Crippen molar-refractivity contribution >= 4 is 17.6 Å². The monoisotopic (exact) mass is 238 g/mol. The van der Waals surface area contributed by atoms with Crippen molar-refractivity contribution in [1.82, 2.24) is 14.9 Å². The van der Waals surface area contributed by atoms with Crippen LogP contribution in [0.4, 0.5) is 17.6 Å². The van der Waals surface area contributed by atoms with E-state index in [0.29, 0.717) is 6.04 Å². The number of nitrogen functional groups attached to an aromatic ring is 1. The molecule has 1 heterocycles. The molecular formula is C11H22N6. The van der Waals surface area contributed by atoms with Crippen LogP contribution in [0.5, 0.6) is 0 Å². The maximum absolute atomic E-state index is 5.60. The molecule has 17 heavy (non-hydrogen) atoms. The Balaban J connectivity index is 2.49. The van der Waals surface area contributed by atoms with Crippen molar-refractivity contribution in [2.24, 2.45) is 0 Å². The molecule has 0 saturated carbocycles. The van der Waals surface area contributed by atoms with Crippen LogP contribution in [0.3, 0.4) is 0 Å². The van der Waals surface area contributed by atoms with E-state index in [-0.39, 0.29) is 5.95 Å². The highest BCUT2D eigenvalue weighted by Gasteiger charge is 2.04. The molecule has 0 atom stereocenters. The van der Waals surface area contributed by atoms with Gasteiger partial charge in [0.1, 0.15) is 11.6 Å². The van der Waals surface area contributed by atoms with Crippen molar-refractivity contribution in [3.63, 3.8) is 0 Å². The summed E-state index contributed by atoms with van der Waals surface area (Å²) in [7, 11) is 3.90. The summed E-state index contributed by atoms with van der Waals surface area (Å²) in [5.74, 6) is 1.74. The first-order valence-electron chi connectivity index (χ1n) is 5.79. The van der Waals surface area contributed by atoms with E-state index < -0.39 is 0 Å². The van der Waals surface area contributed by atoms with Crippen molar-refractivity contribution in [1.29, 1.82) is 0 Å². The van der Waals surface area contributed by atoms with Crippen LogP contribution in [0, 0.1) is 0 Å². The highest BCUT2D eigenvalue weighted by molar-refractivity contribution is 5.50. The summed E-state index contributed by atoms with van der Waals surface area (Å²) in [5.41, 5.74) is 5.60. The van der Waals surface area contributed by atoms with E-state index >= 15 is 0 Å². The Bertz CT molecular complexity index is 352. The first-order chi connectivity index (χ1) is 8.02. The van der Waals surface area contributed by atoms with Crippen LogP contribution in [-0.4, -0.2) is 48.1 Å². The van der Waals surface area contributed by atoms with Crippen LogP contribution in [0.2, 0.25) is 0 Å². The Kier molecular flexibility index (Phi) is 4.96. The van der Waals surface area contributed by atoms with E-state index in [9.17, 15) is 0 Å². The topological polar surface area (TPSA) is 79.1 Å². The molecule has 0 amide bonds. The van der Waals surface area contributed by atoms with Gasteiger partial charge in [-0.25, -0.2) is 0 Å². The molecular weight excluding hydrogens is 216 g/mol. The number of likely N-dealkylation sites (N-methyl/N-ethyl adjacent to an activating group) is 1. The largest absolute Gasteiger partial charge is 0.373 e. The summed E-state index contributed by atoms with van der Waals surface area (Å²) in [5, 5.41) is 6.18. The van der Waals surface area contributed by atoms with Gasteiger partial charge in [-0.05, 0) is 20.9 Å². The van der Waals surface area contributed by atoms with Gasteiger partial charge >= 0.3 is 0 Å². The quantitative estimate of drug-likeness (QED) is 0.682. The Morgan fingerprint density at radius 2 is 2.00 bits per heavy atom. The summed E-state index contributed by atoms with van der Waals surface area (Å²) in [6.45, 7) is 6.12. The second kappa shape index (κ2) is 6.24. The Labute approximate surface area is 103 Å². The minimum absolute atomic E-state index is 0.275. The van der Waals surface area contributed by atoms with E-state index in [2.05, 4.69) is 46.4 Å². The molecule has 1 aromatic rings. The van der Waals surface area contributed by atoms with E-state index in [1.54, 1.807) is 7.05 Å². The first kappa shape index (κ1) is 13.5. The molecule has 4 N–H and O–H groups in total. The number of nitrogens with zero attached hydrogens (tertiary/aromatic N) is 3. The smallest absolute Gasteiger partial charge is 0.223 e. The highest BCUT2D eigenvalue weighted by Crippen LogP contribution is 2.11. The van der Waals surface area contributed by atoms with E-state index in [1.165, 1.54) is 0 Å². The molecule has 6 heteroatoms. The minimum atomic E-state index is 0.275. The molecule has 0 unspecified atom stereocenters. The SMILES string of the molecule is CNc1cc(NCCN(C)C(C)C)nc(N)n1. The van der Waals surface area contributed by atoms with Crippen LogP contribution >= 0.6 is 0 Å². The Hall–Kier alpha value is -1.56. The maximum Gasteiger partial charge on any atom is 0.223 e. The van der Waals surface area contributed by atoms with Crippen molar-refractivity contribution in [2.75, 3.05) is 43.6 Å². The van der Waals surface area contributed by atoms with Gasteiger partial charge in [0, 0.05) is 32.2 Å². The van der Waals surface area contributed by atoms with Gasteiger partial charge in [-0.2, -0.15) is 9.97 Å². The van der Waals surface area contributed by atoms with Gasteiger partial charge in [0.15, 0.2) is 0 Å². The number of aromatic nitrogens is 2. The summed E-state index contributed by atoms with van der Waals surface area (Å²) in [6, 6.07) is 2.38. The predicted molar refractivity (Wildman–Crippen MR) is 72.2 cm³/mol. The number of rotatable bonds is 6. The standard InChI is InChI=1S/C11H22N6/c1-8(2)17(4)6-5-14-10-7-9(13-3)15-11(12)16-10/h7-8H,5-6H2,1-4H3,(H4,12,13,14,15,16). The third kappa shape index (κ3) is 4.44. The normalized spacial score (nSPS) is 10.9. The van der Waals surface area contributed by atoms with E-state index in [4.69, 9.17) is 5.73 Å². The summed E-state index contributed by atoms with van der Waals surface area (Å²) in [6.07, 6.45) is 0. The molecule has 0 aliphatic rings. The fourth-order valence-electron chi connectivity index (χ4n) is 1.30. The van der Waals surface area contributed by atoms with E-state index in [1.807, 2.05) is 6.07 Å². The molecule has 1 aromatic heterocycles. The van der Waals surface area contributed by atoms with Crippen LogP contribution in [0.25, 0.3) is 0 Å². The summed E-state index contributed by atoms with van der Waals surface area (Å²) < 4.78 is 0. The molecule has 0 aromatic carbocycles. The molecule has 0 bridgehead atoms. The second-order valence-corrected chi connectivity index (χ2v) is 4.25. The molecule has 0 radical (unpaired) electrons. The zero-order valence-corrected chi connectivity index (χ0v) is 11.0. The lowest BCUT2D eigenvalue weighted by Gasteiger charge is -2.21. The van der Waals surface area contributed by atoms with Crippen molar-refractivity contribution < 1.29 is 0 Å². The molecule has 0 aliphatic heterocycles. The van der Waals surface area contributed by atoms with Gasteiger partial charge in [-0.1, -0.05) is 0 Å². The Morgan fingerprint density at radius 1 is 1.35 bits per heavy atom. The number of nitrogens with two attached hydrogens (primary N) is 1. The van der Waals surface area contributed by atoms with Gasteiger partial charge in [-0.3, -0.25) is 0 Å². The van der Waals surface area contributed by atoms with Gasteiger partial charge in [0.2, 0.25) is 5.95 Å². The van der Waals surface area contributed by atoms with Crippen molar-refractivity contribution in [3.8, 4) is 0 Å². The molecule has 96 valence electrons. The third-order valence-electron chi connectivity index (χ3n) is 2.65. The molecule has 1 rings (SSSR count).